The van der Waals surface area contributed by atoms with Crippen molar-refractivity contribution in [2.24, 2.45) is 0 Å². The maximum atomic E-state index is 12.8. The Bertz CT molecular complexity index is 826. The van der Waals surface area contributed by atoms with Gasteiger partial charge >= 0.3 is 6.01 Å². The molecule has 1 aromatic carbocycles. The van der Waals surface area contributed by atoms with Crippen molar-refractivity contribution in [3.05, 3.63) is 59.5 Å². The third-order valence-electron chi connectivity index (χ3n) is 3.80. The van der Waals surface area contributed by atoms with Crippen LogP contribution < -0.4 is 4.74 Å². The van der Waals surface area contributed by atoms with Crippen LogP contribution in [0, 0.1) is 5.82 Å². The minimum absolute atomic E-state index is 0.0467. The van der Waals surface area contributed by atoms with Gasteiger partial charge < -0.3 is 4.74 Å². The van der Waals surface area contributed by atoms with Crippen LogP contribution in [0.5, 0.6) is 6.01 Å². The van der Waals surface area contributed by atoms with E-state index in [2.05, 4.69) is 9.97 Å². The van der Waals surface area contributed by atoms with Gasteiger partial charge in [0.05, 0.1) is 18.9 Å². The van der Waals surface area contributed by atoms with E-state index in [9.17, 15) is 12.8 Å². The van der Waals surface area contributed by atoms with Crippen LogP contribution in [-0.4, -0.2) is 41.9 Å². The number of hydrogen-bond acceptors (Lipinski definition) is 5. The van der Waals surface area contributed by atoms with E-state index >= 15 is 0 Å². The minimum Gasteiger partial charge on any atom is -0.459 e. The molecule has 0 spiro atoms. The number of benzene rings is 1. The fraction of sp³-hybridized carbons (Fsp3) is 0.294. The normalized spacial score (nSPS) is 19.2. The molecule has 0 radical (unpaired) electrons. The highest BCUT2D eigenvalue weighted by Crippen LogP contribution is 2.19. The van der Waals surface area contributed by atoms with Crippen molar-refractivity contribution in [3.8, 4) is 6.01 Å². The summed E-state index contributed by atoms with van der Waals surface area (Å²) in [6.07, 6.45) is 4.60. The molecule has 1 aliphatic heterocycles. The summed E-state index contributed by atoms with van der Waals surface area (Å²) in [5.74, 6) is -0.550. The van der Waals surface area contributed by atoms with E-state index in [0.29, 0.717) is 19.4 Å². The van der Waals surface area contributed by atoms with E-state index in [1.54, 1.807) is 6.08 Å². The van der Waals surface area contributed by atoms with Crippen molar-refractivity contribution in [2.45, 2.75) is 18.9 Å². The highest BCUT2D eigenvalue weighted by atomic mass is 32.2. The average molecular weight is 363 g/mol. The second kappa shape index (κ2) is 7.71. The first-order valence-electron chi connectivity index (χ1n) is 7.90. The van der Waals surface area contributed by atoms with E-state index in [0.717, 1.165) is 18.0 Å². The summed E-state index contributed by atoms with van der Waals surface area (Å²) in [7, 11) is -3.54. The Kier molecular flexibility index (Phi) is 5.40. The first-order chi connectivity index (χ1) is 12.0. The zero-order chi connectivity index (χ0) is 17.7. The van der Waals surface area contributed by atoms with Gasteiger partial charge in [0, 0.05) is 12.0 Å². The number of sulfonamides is 1. The molecule has 1 aromatic heterocycles. The van der Waals surface area contributed by atoms with Gasteiger partial charge in [0.25, 0.3) is 0 Å². The van der Waals surface area contributed by atoms with Crippen molar-refractivity contribution < 1.29 is 17.5 Å². The van der Waals surface area contributed by atoms with Gasteiger partial charge in [0.2, 0.25) is 10.0 Å². The van der Waals surface area contributed by atoms with Crippen molar-refractivity contribution >= 4 is 16.1 Å². The summed E-state index contributed by atoms with van der Waals surface area (Å²) in [5.41, 5.74) is 0.815. The number of hydrogen-bond donors (Lipinski definition) is 0. The molecule has 132 valence electrons. The molecule has 3 rings (SSSR count). The van der Waals surface area contributed by atoms with Gasteiger partial charge in [0.1, 0.15) is 6.10 Å². The largest absolute Gasteiger partial charge is 0.459 e. The lowest BCUT2D eigenvalue weighted by Crippen LogP contribution is -2.43. The summed E-state index contributed by atoms with van der Waals surface area (Å²) in [6, 6.07) is 9.28. The second-order valence-corrected chi connectivity index (χ2v) is 7.50. The third-order valence-corrected chi connectivity index (χ3v) is 5.33. The SMILES string of the molecule is O=S(=O)(C=Cc1ccccc1)N1CCCC(Oc2ncc(F)cn2)C1. The Morgan fingerprint density at radius 1 is 1.20 bits per heavy atom. The molecular formula is C17H18FN3O3S. The topological polar surface area (TPSA) is 72.4 Å². The number of ether oxygens (including phenoxy) is 1. The Morgan fingerprint density at radius 3 is 2.64 bits per heavy atom. The molecular weight excluding hydrogens is 345 g/mol. The fourth-order valence-corrected chi connectivity index (χ4v) is 3.82. The lowest BCUT2D eigenvalue weighted by Gasteiger charge is -2.30. The van der Waals surface area contributed by atoms with Gasteiger partial charge in [-0.1, -0.05) is 30.3 Å². The van der Waals surface area contributed by atoms with Crippen LogP contribution in [0.15, 0.2) is 48.1 Å². The fourth-order valence-electron chi connectivity index (χ4n) is 2.56. The summed E-state index contributed by atoms with van der Waals surface area (Å²) in [6.45, 7) is 0.647. The lowest BCUT2D eigenvalue weighted by molar-refractivity contribution is 0.119. The monoisotopic (exact) mass is 363 g/mol. The van der Waals surface area contributed by atoms with E-state index in [-0.39, 0.29) is 18.7 Å². The van der Waals surface area contributed by atoms with Crippen LogP contribution in [0.2, 0.25) is 0 Å². The standard InChI is InChI=1S/C17H18FN3O3S/c18-15-11-19-17(20-12-15)24-16-7-4-9-21(13-16)25(22,23)10-8-14-5-2-1-3-6-14/h1-3,5-6,8,10-12,16H,4,7,9,13H2. The molecule has 0 aliphatic carbocycles. The molecule has 0 N–H and O–H groups in total. The molecule has 2 heterocycles. The zero-order valence-corrected chi connectivity index (χ0v) is 14.3. The molecule has 0 saturated carbocycles. The number of rotatable bonds is 5. The van der Waals surface area contributed by atoms with Crippen LogP contribution in [-0.2, 0) is 10.0 Å². The Hall–Kier alpha value is -2.32. The van der Waals surface area contributed by atoms with Gasteiger partial charge in [-0.2, -0.15) is 4.31 Å². The zero-order valence-electron chi connectivity index (χ0n) is 13.5. The molecule has 1 aliphatic rings. The van der Waals surface area contributed by atoms with E-state index < -0.39 is 15.8 Å². The van der Waals surface area contributed by atoms with E-state index in [1.807, 2.05) is 30.3 Å². The quantitative estimate of drug-likeness (QED) is 0.816. The first-order valence-corrected chi connectivity index (χ1v) is 9.41. The maximum Gasteiger partial charge on any atom is 0.316 e. The molecule has 1 saturated heterocycles. The lowest BCUT2D eigenvalue weighted by atomic mass is 10.1. The highest BCUT2D eigenvalue weighted by Gasteiger charge is 2.28. The molecule has 1 unspecified atom stereocenters. The number of aromatic nitrogens is 2. The summed E-state index contributed by atoms with van der Waals surface area (Å²) in [5, 5.41) is 1.21. The van der Waals surface area contributed by atoms with Gasteiger partial charge in [-0.25, -0.2) is 22.8 Å². The van der Waals surface area contributed by atoms with Crippen molar-refractivity contribution in [3.63, 3.8) is 0 Å². The molecule has 1 atom stereocenters. The Balaban J connectivity index is 1.65. The smallest absolute Gasteiger partial charge is 0.316 e. The number of halogens is 1. The second-order valence-electron chi connectivity index (χ2n) is 5.68. The molecule has 1 fully saturated rings. The average Bonchev–Trinajstić information content (AvgIpc) is 2.63. The Morgan fingerprint density at radius 2 is 1.92 bits per heavy atom. The van der Waals surface area contributed by atoms with Crippen molar-refractivity contribution in [2.75, 3.05) is 13.1 Å². The summed E-state index contributed by atoms with van der Waals surface area (Å²) in [4.78, 5) is 7.49. The van der Waals surface area contributed by atoms with E-state index in [4.69, 9.17) is 4.74 Å². The highest BCUT2D eigenvalue weighted by molar-refractivity contribution is 7.92. The third kappa shape index (κ3) is 4.83. The summed E-state index contributed by atoms with van der Waals surface area (Å²) >= 11 is 0. The maximum absolute atomic E-state index is 12.8. The molecule has 25 heavy (non-hydrogen) atoms. The predicted octanol–water partition coefficient (Wildman–Crippen LogP) is 2.46. The van der Waals surface area contributed by atoms with Gasteiger partial charge in [0.15, 0.2) is 5.82 Å². The molecule has 6 nitrogen and oxygen atoms in total. The molecule has 0 bridgehead atoms. The van der Waals surface area contributed by atoms with Crippen LogP contribution in [0.3, 0.4) is 0 Å². The molecule has 8 heteroatoms. The van der Waals surface area contributed by atoms with Gasteiger partial charge in [-0.05, 0) is 24.5 Å². The van der Waals surface area contributed by atoms with Crippen LogP contribution in [0.25, 0.3) is 6.08 Å². The first kappa shape index (κ1) is 17.5. The van der Waals surface area contributed by atoms with E-state index in [1.165, 1.54) is 9.71 Å². The van der Waals surface area contributed by atoms with Crippen LogP contribution >= 0.6 is 0 Å². The van der Waals surface area contributed by atoms with Crippen LogP contribution in [0.4, 0.5) is 4.39 Å². The van der Waals surface area contributed by atoms with Crippen molar-refractivity contribution in [1.82, 2.24) is 14.3 Å². The minimum atomic E-state index is -3.54. The van der Waals surface area contributed by atoms with Crippen molar-refractivity contribution in [1.29, 1.82) is 0 Å². The predicted molar refractivity (Wildman–Crippen MR) is 91.6 cm³/mol. The summed E-state index contributed by atoms with van der Waals surface area (Å²) < 4.78 is 44.8. The van der Waals surface area contributed by atoms with Gasteiger partial charge in [-0.3, -0.25) is 0 Å². The molecule has 2 aromatic rings. The number of nitrogens with zero attached hydrogens (tertiary/aromatic N) is 3. The Labute approximate surface area is 146 Å². The van der Waals surface area contributed by atoms with Crippen LogP contribution in [0.1, 0.15) is 18.4 Å². The number of piperidine rings is 1. The van der Waals surface area contributed by atoms with Gasteiger partial charge in [-0.15, -0.1) is 0 Å². The molecule has 0 amide bonds.